The van der Waals surface area contributed by atoms with Crippen LogP contribution in [0.3, 0.4) is 0 Å². The van der Waals surface area contributed by atoms with Gasteiger partial charge in [-0.25, -0.2) is 9.97 Å². The fourth-order valence-corrected chi connectivity index (χ4v) is 2.68. The summed E-state index contributed by atoms with van der Waals surface area (Å²) < 4.78 is 0. The van der Waals surface area contributed by atoms with Crippen LogP contribution in [0.2, 0.25) is 5.15 Å². The minimum atomic E-state index is 0.454. The second-order valence-corrected chi connectivity index (χ2v) is 4.93. The lowest BCUT2D eigenvalue weighted by Gasteiger charge is -1.98. The summed E-state index contributed by atoms with van der Waals surface area (Å²) in [6, 6.07) is 10.1. The van der Waals surface area contributed by atoms with E-state index in [-0.39, 0.29) is 0 Å². The Kier molecular flexibility index (Phi) is 2.74. The average molecular weight is 262 g/mol. The third-order valence-corrected chi connectivity index (χ3v) is 3.68. The number of halogens is 1. The van der Waals surface area contributed by atoms with Crippen molar-refractivity contribution in [2.75, 3.05) is 0 Å². The van der Waals surface area contributed by atoms with Crippen molar-refractivity contribution in [1.29, 1.82) is 0 Å². The molecule has 0 amide bonds. The van der Waals surface area contributed by atoms with E-state index >= 15 is 0 Å². The predicted octanol–water partition coefficient (Wildman–Crippen LogP) is 3.76. The maximum Gasteiger partial charge on any atom is 0.156 e. The standard InChI is InChI=1S/C12H8ClN3S/c13-12-11-10(15-7-16-12)9(6-14-11)17-8-4-2-1-3-5-8/h1-7,14H. The van der Waals surface area contributed by atoms with Crippen molar-refractivity contribution in [3.05, 3.63) is 48.0 Å². The van der Waals surface area contributed by atoms with Crippen LogP contribution in [0.1, 0.15) is 0 Å². The van der Waals surface area contributed by atoms with Crippen LogP contribution in [0.25, 0.3) is 11.0 Å². The molecular weight excluding hydrogens is 254 g/mol. The minimum Gasteiger partial charge on any atom is -0.356 e. The fourth-order valence-electron chi connectivity index (χ4n) is 1.58. The van der Waals surface area contributed by atoms with Gasteiger partial charge in [0.15, 0.2) is 5.15 Å². The molecule has 2 aromatic heterocycles. The lowest BCUT2D eigenvalue weighted by Crippen LogP contribution is -1.81. The van der Waals surface area contributed by atoms with Crippen LogP contribution in [-0.2, 0) is 0 Å². The van der Waals surface area contributed by atoms with Gasteiger partial charge in [-0.15, -0.1) is 0 Å². The van der Waals surface area contributed by atoms with Gasteiger partial charge in [-0.05, 0) is 12.1 Å². The summed E-state index contributed by atoms with van der Waals surface area (Å²) in [5.74, 6) is 0. The highest BCUT2D eigenvalue weighted by Gasteiger charge is 2.09. The van der Waals surface area contributed by atoms with Gasteiger partial charge in [0.2, 0.25) is 0 Å². The third kappa shape index (κ3) is 2.01. The lowest BCUT2D eigenvalue weighted by molar-refractivity contribution is 1.21. The van der Waals surface area contributed by atoms with Gasteiger partial charge in [0, 0.05) is 11.1 Å². The maximum atomic E-state index is 5.98. The van der Waals surface area contributed by atoms with Crippen molar-refractivity contribution < 1.29 is 0 Å². The van der Waals surface area contributed by atoms with Crippen LogP contribution >= 0.6 is 23.4 Å². The van der Waals surface area contributed by atoms with Gasteiger partial charge in [0.1, 0.15) is 17.4 Å². The summed E-state index contributed by atoms with van der Waals surface area (Å²) in [6.45, 7) is 0. The zero-order valence-electron chi connectivity index (χ0n) is 8.72. The van der Waals surface area contributed by atoms with Crippen LogP contribution in [-0.4, -0.2) is 15.0 Å². The van der Waals surface area contributed by atoms with E-state index in [1.165, 1.54) is 11.2 Å². The van der Waals surface area contributed by atoms with E-state index in [0.717, 1.165) is 15.9 Å². The Labute approximate surface area is 107 Å². The first kappa shape index (κ1) is 10.6. The van der Waals surface area contributed by atoms with Crippen LogP contribution in [0.4, 0.5) is 0 Å². The second-order valence-electron chi connectivity index (χ2n) is 3.46. The molecule has 3 rings (SSSR count). The van der Waals surface area contributed by atoms with E-state index < -0.39 is 0 Å². The van der Waals surface area contributed by atoms with Crippen molar-refractivity contribution >= 4 is 34.4 Å². The summed E-state index contributed by atoms with van der Waals surface area (Å²) in [6.07, 6.45) is 3.39. The molecule has 5 heteroatoms. The monoisotopic (exact) mass is 261 g/mol. The summed E-state index contributed by atoms with van der Waals surface area (Å²) in [5.41, 5.74) is 1.64. The van der Waals surface area contributed by atoms with Crippen molar-refractivity contribution in [2.45, 2.75) is 9.79 Å². The Morgan fingerprint density at radius 1 is 1.12 bits per heavy atom. The molecule has 0 radical (unpaired) electrons. The first-order chi connectivity index (χ1) is 8.34. The van der Waals surface area contributed by atoms with Crippen LogP contribution in [0, 0.1) is 0 Å². The van der Waals surface area contributed by atoms with Gasteiger partial charge in [0.25, 0.3) is 0 Å². The van der Waals surface area contributed by atoms with Crippen LogP contribution in [0.15, 0.2) is 52.6 Å². The number of hydrogen-bond acceptors (Lipinski definition) is 3. The molecule has 0 saturated carbocycles. The summed E-state index contributed by atoms with van der Waals surface area (Å²) >= 11 is 7.63. The molecule has 2 heterocycles. The normalized spacial score (nSPS) is 10.9. The molecule has 0 aliphatic carbocycles. The maximum absolute atomic E-state index is 5.98. The summed E-state index contributed by atoms with van der Waals surface area (Å²) in [5, 5.41) is 0.454. The first-order valence-electron chi connectivity index (χ1n) is 5.05. The number of aromatic amines is 1. The number of aromatic nitrogens is 3. The molecule has 0 bridgehead atoms. The summed E-state index contributed by atoms with van der Waals surface area (Å²) in [4.78, 5) is 13.5. The van der Waals surface area contributed by atoms with Crippen molar-refractivity contribution in [1.82, 2.24) is 15.0 Å². The number of H-pyrrole nitrogens is 1. The molecule has 0 atom stereocenters. The average Bonchev–Trinajstić information content (AvgIpc) is 2.76. The van der Waals surface area contributed by atoms with Crippen LogP contribution < -0.4 is 0 Å². The van der Waals surface area contributed by atoms with Gasteiger partial charge in [-0.1, -0.05) is 41.6 Å². The van der Waals surface area contributed by atoms with Gasteiger partial charge in [0.05, 0.1) is 4.90 Å². The van der Waals surface area contributed by atoms with Gasteiger partial charge in [-0.3, -0.25) is 0 Å². The number of rotatable bonds is 2. The SMILES string of the molecule is Clc1ncnc2c(Sc3ccccc3)c[nH]c12. The van der Waals surface area contributed by atoms with E-state index in [0.29, 0.717) is 5.15 Å². The Morgan fingerprint density at radius 2 is 1.94 bits per heavy atom. The molecule has 1 N–H and O–H groups in total. The topological polar surface area (TPSA) is 41.6 Å². The first-order valence-corrected chi connectivity index (χ1v) is 6.24. The van der Waals surface area contributed by atoms with Crippen molar-refractivity contribution in [3.8, 4) is 0 Å². The number of nitrogens with one attached hydrogen (secondary N) is 1. The molecule has 0 aliphatic heterocycles. The highest BCUT2D eigenvalue weighted by atomic mass is 35.5. The molecule has 84 valence electrons. The number of benzene rings is 1. The molecule has 3 aromatic rings. The number of hydrogen-bond donors (Lipinski definition) is 1. The van der Waals surface area contributed by atoms with E-state index in [4.69, 9.17) is 11.6 Å². The Hall–Kier alpha value is -1.52. The zero-order valence-corrected chi connectivity index (χ0v) is 10.3. The van der Waals surface area contributed by atoms with Crippen molar-refractivity contribution in [3.63, 3.8) is 0 Å². The molecular formula is C12H8ClN3S. The number of nitrogens with zero attached hydrogens (tertiary/aromatic N) is 2. The smallest absolute Gasteiger partial charge is 0.156 e. The molecule has 0 unspecified atom stereocenters. The largest absolute Gasteiger partial charge is 0.356 e. The molecule has 17 heavy (non-hydrogen) atoms. The predicted molar refractivity (Wildman–Crippen MR) is 69.5 cm³/mol. The van der Waals surface area contributed by atoms with Crippen molar-refractivity contribution in [2.24, 2.45) is 0 Å². The Bertz CT molecular complexity index is 651. The molecule has 0 spiro atoms. The van der Waals surface area contributed by atoms with E-state index in [2.05, 4.69) is 27.1 Å². The zero-order chi connectivity index (χ0) is 11.7. The highest BCUT2D eigenvalue weighted by molar-refractivity contribution is 7.99. The van der Waals surface area contributed by atoms with Gasteiger partial charge < -0.3 is 4.98 Å². The second kappa shape index (κ2) is 4.39. The third-order valence-electron chi connectivity index (χ3n) is 2.35. The lowest BCUT2D eigenvalue weighted by atomic mass is 10.4. The number of fused-ring (bicyclic) bond motifs is 1. The van der Waals surface area contributed by atoms with Crippen LogP contribution in [0.5, 0.6) is 0 Å². The minimum absolute atomic E-state index is 0.454. The molecule has 3 nitrogen and oxygen atoms in total. The van der Waals surface area contributed by atoms with E-state index in [1.807, 2.05) is 24.4 Å². The van der Waals surface area contributed by atoms with E-state index in [1.54, 1.807) is 11.8 Å². The van der Waals surface area contributed by atoms with E-state index in [9.17, 15) is 0 Å². The summed E-state index contributed by atoms with van der Waals surface area (Å²) in [7, 11) is 0. The Balaban J connectivity index is 2.05. The molecule has 1 aromatic carbocycles. The molecule has 0 saturated heterocycles. The highest BCUT2D eigenvalue weighted by Crippen LogP contribution is 2.33. The quantitative estimate of drug-likeness (QED) is 0.714. The van der Waals surface area contributed by atoms with Gasteiger partial charge >= 0.3 is 0 Å². The molecule has 0 fully saturated rings. The molecule has 0 aliphatic rings. The van der Waals surface area contributed by atoms with Gasteiger partial charge in [-0.2, -0.15) is 0 Å². The fraction of sp³-hybridized carbons (Fsp3) is 0. The Morgan fingerprint density at radius 3 is 2.76 bits per heavy atom.